The fourth-order valence-electron chi connectivity index (χ4n) is 5.81. The molecule has 0 aromatic heterocycles. The van der Waals surface area contributed by atoms with Crippen LogP contribution in [0, 0.1) is 0 Å². The number of benzene rings is 4. The molecule has 0 aliphatic heterocycles. The first kappa shape index (κ1) is 47.8. The lowest BCUT2D eigenvalue weighted by molar-refractivity contribution is 0.00855. The third kappa shape index (κ3) is 16.6. The van der Waals surface area contributed by atoms with Crippen molar-refractivity contribution in [2.75, 3.05) is 13.2 Å². The second-order valence-electron chi connectivity index (χ2n) is 16.0. The summed E-state index contributed by atoms with van der Waals surface area (Å²) in [6, 6.07) is 33.9. The van der Waals surface area contributed by atoms with E-state index < -0.39 is 51.4 Å². The molecule has 0 saturated heterocycles. The fraction of sp³-hybridized carbons (Fsp3) is 0.391. The molecule has 4 rings (SSSR count). The standard InChI is InChI=1S/C46H60N4O10Si/c1-46(2,3)61(4,5)60-29-19-18-28-40(49(44(54)58-34-38-24-14-8-15-25-38)47-42(52)56-32-36-20-10-6-11-21-36)30-41(31-51)50(45(55)59-35-39-26-16-9-17-27-39)48-43(53)57-33-37-22-12-7-13-23-37/h6-17,20-27,40-41,51H,18-19,28-35H2,1-5H3,(H,47,52)(H,48,53)/t40-,41+/m1/s1. The highest BCUT2D eigenvalue weighted by Crippen LogP contribution is 2.36. The van der Waals surface area contributed by atoms with Gasteiger partial charge < -0.3 is 28.5 Å². The van der Waals surface area contributed by atoms with Crippen LogP contribution in [0.1, 0.15) is 68.7 Å². The molecule has 328 valence electrons. The van der Waals surface area contributed by atoms with E-state index in [1.54, 1.807) is 72.8 Å². The van der Waals surface area contributed by atoms with E-state index in [1.165, 1.54) is 0 Å². The number of carbonyl (C=O) groups excluding carboxylic acids is 4. The fourth-order valence-corrected chi connectivity index (χ4v) is 6.90. The maximum atomic E-state index is 14.1. The second-order valence-corrected chi connectivity index (χ2v) is 20.8. The molecular weight excluding hydrogens is 797 g/mol. The van der Waals surface area contributed by atoms with Crippen molar-refractivity contribution < 1.29 is 47.7 Å². The molecule has 0 aliphatic rings. The molecular formula is C46H60N4O10Si. The van der Waals surface area contributed by atoms with E-state index in [2.05, 4.69) is 44.7 Å². The van der Waals surface area contributed by atoms with Gasteiger partial charge in [0.2, 0.25) is 0 Å². The zero-order chi connectivity index (χ0) is 44.1. The average Bonchev–Trinajstić information content (AvgIpc) is 3.26. The Hall–Kier alpha value is -5.90. The van der Waals surface area contributed by atoms with E-state index >= 15 is 0 Å². The summed E-state index contributed by atoms with van der Waals surface area (Å²) < 4.78 is 28.7. The molecule has 0 aliphatic carbocycles. The van der Waals surface area contributed by atoms with Crippen LogP contribution in [0.3, 0.4) is 0 Å². The Balaban J connectivity index is 1.63. The van der Waals surface area contributed by atoms with E-state index in [0.717, 1.165) is 15.6 Å². The summed E-state index contributed by atoms with van der Waals surface area (Å²) in [6.45, 7) is 10.2. The van der Waals surface area contributed by atoms with Crippen LogP contribution in [-0.4, -0.2) is 73.1 Å². The monoisotopic (exact) mass is 856 g/mol. The minimum atomic E-state index is -2.06. The number of ether oxygens (including phenoxy) is 4. The summed E-state index contributed by atoms with van der Waals surface area (Å²) in [5.41, 5.74) is 7.86. The smallest absolute Gasteiger partial charge is 0.429 e. The van der Waals surface area contributed by atoms with Crippen LogP contribution in [0.4, 0.5) is 19.2 Å². The molecule has 14 nitrogen and oxygen atoms in total. The Labute approximate surface area is 360 Å². The molecule has 0 bridgehead atoms. The topological polar surface area (TPSA) is 165 Å². The van der Waals surface area contributed by atoms with E-state index in [1.807, 2.05) is 48.5 Å². The minimum absolute atomic E-state index is 0.00104. The molecule has 4 aromatic rings. The highest BCUT2D eigenvalue weighted by molar-refractivity contribution is 6.74. The van der Waals surface area contributed by atoms with Crippen molar-refractivity contribution >= 4 is 32.7 Å². The predicted octanol–water partition coefficient (Wildman–Crippen LogP) is 9.26. The zero-order valence-electron chi connectivity index (χ0n) is 35.8. The van der Waals surface area contributed by atoms with Gasteiger partial charge in [0.15, 0.2) is 8.32 Å². The SMILES string of the molecule is CC(C)(C)[Si](C)(C)OCCCC[C@H](C[C@@H](CO)N(NC(=O)OCc1ccccc1)C(=O)OCc1ccccc1)N(NC(=O)OCc1ccccc1)C(=O)OCc1ccccc1. The van der Waals surface area contributed by atoms with Crippen LogP contribution in [-0.2, 0) is 49.8 Å². The van der Waals surface area contributed by atoms with Gasteiger partial charge in [-0.05, 0) is 66.1 Å². The summed E-state index contributed by atoms with van der Waals surface area (Å²) in [7, 11) is -2.06. The number of aliphatic hydroxyl groups is 1. The molecule has 61 heavy (non-hydrogen) atoms. The lowest BCUT2D eigenvalue weighted by atomic mass is 10.0. The Morgan fingerprint density at radius 2 is 0.934 bits per heavy atom. The highest BCUT2D eigenvalue weighted by atomic mass is 28.4. The number of hydrazine groups is 2. The lowest BCUT2D eigenvalue weighted by Crippen LogP contribution is -2.58. The molecule has 0 heterocycles. The Morgan fingerprint density at radius 1 is 0.574 bits per heavy atom. The number of nitrogens with one attached hydrogen (secondary N) is 2. The van der Waals surface area contributed by atoms with Crippen LogP contribution in [0.2, 0.25) is 18.1 Å². The Bertz CT molecular complexity index is 1920. The Kier molecular flexibility index (Phi) is 19.1. The van der Waals surface area contributed by atoms with Crippen LogP contribution in [0.5, 0.6) is 0 Å². The molecule has 15 heteroatoms. The van der Waals surface area contributed by atoms with Crippen LogP contribution >= 0.6 is 0 Å². The lowest BCUT2D eigenvalue weighted by Gasteiger charge is -2.37. The van der Waals surface area contributed by atoms with Crippen LogP contribution in [0.25, 0.3) is 0 Å². The van der Waals surface area contributed by atoms with Gasteiger partial charge in [-0.1, -0.05) is 142 Å². The van der Waals surface area contributed by atoms with E-state index in [0.29, 0.717) is 36.1 Å². The van der Waals surface area contributed by atoms with E-state index in [4.69, 9.17) is 23.4 Å². The molecule has 0 saturated carbocycles. The first-order valence-corrected chi connectivity index (χ1v) is 23.4. The van der Waals surface area contributed by atoms with Crippen molar-refractivity contribution in [1.29, 1.82) is 0 Å². The van der Waals surface area contributed by atoms with Gasteiger partial charge in [-0.3, -0.25) is 0 Å². The maximum absolute atomic E-state index is 14.1. The number of carbonyl (C=O) groups is 4. The van der Waals surface area contributed by atoms with Crippen molar-refractivity contribution in [3.05, 3.63) is 144 Å². The van der Waals surface area contributed by atoms with Gasteiger partial charge in [0.25, 0.3) is 0 Å². The number of aliphatic hydroxyl groups excluding tert-OH is 1. The summed E-state index contributed by atoms with van der Waals surface area (Å²) in [5.74, 6) is 0. The molecule has 2 atom stereocenters. The first-order valence-electron chi connectivity index (χ1n) is 20.4. The van der Waals surface area contributed by atoms with Gasteiger partial charge in [-0.2, -0.15) is 0 Å². The van der Waals surface area contributed by atoms with Crippen molar-refractivity contribution in [2.24, 2.45) is 0 Å². The largest absolute Gasteiger partial charge is 0.443 e. The highest BCUT2D eigenvalue weighted by Gasteiger charge is 2.38. The molecule has 0 spiro atoms. The van der Waals surface area contributed by atoms with Crippen molar-refractivity contribution in [3.63, 3.8) is 0 Å². The summed E-state index contributed by atoms with van der Waals surface area (Å²) in [4.78, 5) is 54.7. The maximum Gasteiger partial charge on any atom is 0.429 e. The number of unbranched alkanes of at least 4 members (excludes halogenated alkanes) is 1. The second kappa shape index (κ2) is 24.4. The summed E-state index contributed by atoms with van der Waals surface area (Å²) in [6.07, 6.45) is -2.63. The van der Waals surface area contributed by atoms with E-state index in [9.17, 15) is 24.3 Å². The van der Waals surface area contributed by atoms with Gasteiger partial charge >= 0.3 is 24.4 Å². The number of hydrogen-bond donors (Lipinski definition) is 3. The van der Waals surface area contributed by atoms with Gasteiger partial charge in [-0.15, -0.1) is 0 Å². The average molecular weight is 857 g/mol. The van der Waals surface area contributed by atoms with Crippen molar-refractivity contribution in [3.8, 4) is 0 Å². The number of rotatable bonds is 19. The van der Waals surface area contributed by atoms with Gasteiger partial charge in [0.1, 0.15) is 26.4 Å². The van der Waals surface area contributed by atoms with Crippen LogP contribution in [0.15, 0.2) is 121 Å². The number of nitrogens with zero attached hydrogens (tertiary/aromatic N) is 2. The summed E-state index contributed by atoms with van der Waals surface area (Å²) in [5, 5.41) is 12.8. The van der Waals surface area contributed by atoms with Gasteiger partial charge in [0, 0.05) is 6.61 Å². The third-order valence-electron chi connectivity index (χ3n) is 10.3. The van der Waals surface area contributed by atoms with Crippen molar-refractivity contribution in [1.82, 2.24) is 20.9 Å². The molecule has 0 fully saturated rings. The number of hydrogen-bond acceptors (Lipinski definition) is 10. The normalized spacial score (nSPS) is 12.3. The van der Waals surface area contributed by atoms with E-state index in [-0.39, 0.29) is 44.3 Å². The first-order chi connectivity index (χ1) is 29.3. The van der Waals surface area contributed by atoms with Gasteiger partial charge in [0.05, 0.1) is 18.7 Å². The quantitative estimate of drug-likeness (QED) is 0.0358. The Morgan fingerprint density at radius 3 is 1.30 bits per heavy atom. The van der Waals surface area contributed by atoms with Gasteiger partial charge in [-0.25, -0.2) is 40.0 Å². The molecule has 4 aromatic carbocycles. The zero-order valence-corrected chi connectivity index (χ0v) is 36.8. The molecule has 3 N–H and O–H groups in total. The summed E-state index contributed by atoms with van der Waals surface area (Å²) >= 11 is 0. The van der Waals surface area contributed by atoms with Crippen molar-refractivity contribution in [2.45, 2.75) is 103 Å². The molecule has 0 radical (unpaired) electrons. The predicted molar refractivity (Wildman–Crippen MR) is 233 cm³/mol. The van der Waals surface area contributed by atoms with Crippen LogP contribution < -0.4 is 10.9 Å². The molecule has 0 unspecified atom stereocenters. The molecule has 4 amide bonds. The third-order valence-corrected chi connectivity index (χ3v) is 14.9. The number of amides is 4. The minimum Gasteiger partial charge on any atom is -0.443 e.